The molecule has 4 heterocycles. The number of amides is 1. The largest absolute Gasteiger partial charge is 0.479 e. The summed E-state index contributed by atoms with van der Waals surface area (Å²) in [4.78, 5) is 41.2. The molecular formula is C27H24ClN7O4. The van der Waals surface area contributed by atoms with Gasteiger partial charge in [-0.15, -0.1) is 0 Å². The maximum absolute atomic E-state index is 13.7. The summed E-state index contributed by atoms with van der Waals surface area (Å²) < 4.78 is 11.8. The highest BCUT2D eigenvalue weighted by atomic mass is 35.5. The summed E-state index contributed by atoms with van der Waals surface area (Å²) in [6.07, 6.45) is 3.00. The number of nitriles is 1. The first-order chi connectivity index (χ1) is 18.6. The molecule has 2 aromatic heterocycles. The third kappa shape index (κ3) is 3.95. The molecule has 1 fully saturated rings. The average Bonchev–Trinajstić information content (AvgIpc) is 3.19. The number of hydrogen-bond donors (Lipinski definition) is 1. The molecule has 0 spiro atoms. The standard InChI is InChI=1S/C27H24ClN7O4/c1-12(2)22(32-16-10-31-27(39-5)33-24(16)38-4)19-21(30)26(37)35-17-11-34(3)25(36)20(28)18(17)15-8-13(9-29)6-7-14(15)23(19)35/h6-8,10-12,19,23,30H,1-5H3. The van der Waals surface area contributed by atoms with Crippen molar-refractivity contribution >= 4 is 40.3 Å². The lowest BCUT2D eigenvalue weighted by Gasteiger charge is -2.36. The van der Waals surface area contributed by atoms with Crippen LogP contribution in [-0.4, -0.2) is 46.1 Å². The molecule has 3 aromatic rings. The molecule has 2 aliphatic rings. The molecule has 2 aliphatic heterocycles. The molecule has 0 saturated carbocycles. The van der Waals surface area contributed by atoms with Gasteiger partial charge in [-0.05, 0) is 29.2 Å². The van der Waals surface area contributed by atoms with E-state index in [1.807, 2.05) is 13.8 Å². The molecule has 39 heavy (non-hydrogen) atoms. The second-order valence-electron chi connectivity index (χ2n) is 9.49. The number of nitrogens with one attached hydrogen (secondary N) is 1. The minimum Gasteiger partial charge on any atom is -0.479 e. The molecule has 0 aliphatic carbocycles. The zero-order chi connectivity index (χ0) is 28.2. The summed E-state index contributed by atoms with van der Waals surface area (Å²) in [5, 5.41) is 18.5. The molecule has 5 rings (SSSR count). The number of ether oxygens (including phenoxy) is 2. The number of carbonyl (C=O) groups excluding carboxylic acids is 1. The highest BCUT2D eigenvalue weighted by Crippen LogP contribution is 2.53. The van der Waals surface area contributed by atoms with Crippen molar-refractivity contribution in [3.63, 3.8) is 0 Å². The summed E-state index contributed by atoms with van der Waals surface area (Å²) in [5.74, 6) is -1.30. The fourth-order valence-corrected chi connectivity index (χ4v) is 5.50. The van der Waals surface area contributed by atoms with Gasteiger partial charge in [0.25, 0.3) is 11.5 Å². The maximum Gasteiger partial charge on any atom is 0.319 e. The van der Waals surface area contributed by atoms with Crippen LogP contribution in [0.5, 0.6) is 11.9 Å². The molecule has 2 unspecified atom stereocenters. The predicted octanol–water partition coefficient (Wildman–Crippen LogP) is 3.85. The van der Waals surface area contributed by atoms with Gasteiger partial charge in [-0.3, -0.25) is 19.9 Å². The number of benzene rings is 1. The fourth-order valence-electron chi connectivity index (χ4n) is 5.17. The van der Waals surface area contributed by atoms with Crippen LogP contribution in [0, 0.1) is 28.6 Å². The zero-order valence-electron chi connectivity index (χ0n) is 21.8. The Kier molecular flexibility index (Phi) is 6.44. The molecule has 1 amide bonds. The van der Waals surface area contributed by atoms with Crippen LogP contribution in [0.25, 0.3) is 11.1 Å². The van der Waals surface area contributed by atoms with Crippen molar-refractivity contribution in [2.45, 2.75) is 19.9 Å². The van der Waals surface area contributed by atoms with Gasteiger partial charge in [-0.2, -0.15) is 10.2 Å². The van der Waals surface area contributed by atoms with Gasteiger partial charge in [0.2, 0.25) is 5.88 Å². The van der Waals surface area contributed by atoms with Crippen molar-refractivity contribution in [1.29, 1.82) is 10.7 Å². The second-order valence-corrected chi connectivity index (χ2v) is 9.87. The van der Waals surface area contributed by atoms with Gasteiger partial charge in [0, 0.05) is 24.5 Å². The highest BCUT2D eigenvalue weighted by molar-refractivity contribution is 6.50. The van der Waals surface area contributed by atoms with Crippen molar-refractivity contribution in [2.24, 2.45) is 23.9 Å². The van der Waals surface area contributed by atoms with E-state index in [9.17, 15) is 14.9 Å². The van der Waals surface area contributed by atoms with Crippen molar-refractivity contribution in [1.82, 2.24) is 14.5 Å². The first-order valence-electron chi connectivity index (χ1n) is 12.0. The van der Waals surface area contributed by atoms with Crippen LogP contribution < -0.4 is 19.9 Å². The quantitative estimate of drug-likeness (QED) is 0.479. The fraction of sp³-hybridized carbons (Fsp3) is 0.296. The third-order valence-electron chi connectivity index (χ3n) is 6.93. The molecule has 1 aromatic carbocycles. The van der Waals surface area contributed by atoms with Crippen LogP contribution >= 0.6 is 11.6 Å². The zero-order valence-corrected chi connectivity index (χ0v) is 22.6. The van der Waals surface area contributed by atoms with Gasteiger partial charge in [0.05, 0.1) is 49.7 Å². The van der Waals surface area contributed by atoms with E-state index >= 15 is 0 Å². The maximum atomic E-state index is 13.7. The van der Waals surface area contributed by atoms with Crippen LogP contribution in [0.2, 0.25) is 5.02 Å². The Labute approximate surface area is 228 Å². The lowest BCUT2D eigenvalue weighted by Crippen LogP contribution is -2.36. The number of methoxy groups -OCH3 is 2. The van der Waals surface area contributed by atoms with Gasteiger partial charge in [0.1, 0.15) is 16.4 Å². The van der Waals surface area contributed by atoms with Gasteiger partial charge in [-0.1, -0.05) is 31.5 Å². The Morgan fingerprint density at radius 2 is 2.00 bits per heavy atom. The number of carbonyl (C=O) groups is 1. The second kappa shape index (κ2) is 9.63. The van der Waals surface area contributed by atoms with E-state index in [4.69, 9.17) is 31.5 Å². The Morgan fingerprint density at radius 3 is 2.64 bits per heavy atom. The van der Waals surface area contributed by atoms with Crippen molar-refractivity contribution in [3.05, 3.63) is 57.1 Å². The summed E-state index contributed by atoms with van der Waals surface area (Å²) >= 11 is 6.56. The van der Waals surface area contributed by atoms with E-state index in [-0.39, 0.29) is 28.5 Å². The van der Waals surface area contributed by atoms with Crippen LogP contribution in [-0.2, 0) is 11.8 Å². The number of halogens is 1. The highest BCUT2D eigenvalue weighted by Gasteiger charge is 2.52. The SMILES string of the molecule is COc1ncc(N=C(C(C)C)C2C(=N)C(=O)N3c4cn(C)c(=O)c(Cl)c4-c4cc(C#N)ccc4C23)c(OC)n1. The first-order valence-corrected chi connectivity index (χ1v) is 12.4. The monoisotopic (exact) mass is 545 g/mol. The molecule has 1 N–H and O–H groups in total. The lowest BCUT2D eigenvalue weighted by atomic mass is 9.79. The number of nitrogens with zero attached hydrogens (tertiary/aromatic N) is 6. The molecule has 1 saturated heterocycles. The Hall–Kier alpha value is -4.56. The lowest BCUT2D eigenvalue weighted by molar-refractivity contribution is -0.112. The Balaban J connectivity index is 1.78. The summed E-state index contributed by atoms with van der Waals surface area (Å²) in [5.41, 5.74) is 2.62. The summed E-state index contributed by atoms with van der Waals surface area (Å²) in [6, 6.07) is 6.62. The van der Waals surface area contributed by atoms with Crippen molar-refractivity contribution in [3.8, 4) is 29.1 Å². The van der Waals surface area contributed by atoms with Gasteiger partial charge >= 0.3 is 6.01 Å². The summed E-state index contributed by atoms with van der Waals surface area (Å²) in [7, 11) is 4.44. The minimum absolute atomic E-state index is 0.0644. The topological polar surface area (TPSA) is 147 Å². The third-order valence-corrected chi connectivity index (χ3v) is 7.28. The minimum atomic E-state index is -0.764. The summed E-state index contributed by atoms with van der Waals surface area (Å²) in [6.45, 7) is 3.85. The Bertz CT molecular complexity index is 1690. The number of hydrogen-bond acceptors (Lipinski definition) is 9. The van der Waals surface area contributed by atoms with E-state index in [1.54, 1.807) is 31.4 Å². The van der Waals surface area contributed by atoms with E-state index in [1.165, 1.54) is 29.9 Å². The van der Waals surface area contributed by atoms with E-state index in [0.29, 0.717) is 39.3 Å². The number of fused-ring (bicyclic) bond motifs is 6. The average molecular weight is 546 g/mol. The smallest absolute Gasteiger partial charge is 0.319 e. The van der Waals surface area contributed by atoms with E-state index < -0.39 is 23.4 Å². The first kappa shape index (κ1) is 26.1. The number of anilines is 1. The van der Waals surface area contributed by atoms with Crippen molar-refractivity contribution in [2.75, 3.05) is 19.1 Å². The number of pyridine rings is 1. The van der Waals surface area contributed by atoms with Gasteiger partial charge < -0.3 is 14.0 Å². The predicted molar refractivity (Wildman–Crippen MR) is 145 cm³/mol. The van der Waals surface area contributed by atoms with Crippen LogP contribution in [0.1, 0.15) is 31.0 Å². The van der Waals surface area contributed by atoms with Gasteiger partial charge in [0.15, 0.2) is 0 Å². The molecule has 0 radical (unpaired) electrons. The van der Waals surface area contributed by atoms with E-state index in [0.717, 1.165) is 0 Å². The van der Waals surface area contributed by atoms with Crippen LogP contribution in [0.4, 0.5) is 11.4 Å². The molecule has 12 heteroatoms. The number of aryl methyl sites for hydroxylation is 1. The number of rotatable bonds is 5. The Morgan fingerprint density at radius 1 is 1.26 bits per heavy atom. The normalized spacial score (nSPS) is 18.0. The molecular weight excluding hydrogens is 522 g/mol. The van der Waals surface area contributed by atoms with Crippen LogP contribution in [0.15, 0.2) is 40.4 Å². The van der Waals surface area contributed by atoms with Crippen LogP contribution in [0.3, 0.4) is 0 Å². The number of aromatic nitrogens is 3. The van der Waals surface area contributed by atoms with Crippen molar-refractivity contribution < 1.29 is 14.3 Å². The number of aliphatic imine (C=N–C) groups is 1. The molecule has 11 nitrogen and oxygen atoms in total. The molecule has 2 atom stereocenters. The van der Waals surface area contributed by atoms with Gasteiger partial charge in [-0.25, -0.2) is 9.98 Å². The molecule has 0 bridgehead atoms. The van der Waals surface area contributed by atoms with E-state index in [2.05, 4.69) is 16.0 Å². The molecule has 198 valence electrons.